The zero-order valence-electron chi connectivity index (χ0n) is 12.3. The summed E-state index contributed by atoms with van der Waals surface area (Å²) in [7, 11) is 1.52. The molecule has 1 aromatic rings. The van der Waals surface area contributed by atoms with Gasteiger partial charge in [0.2, 0.25) is 0 Å². The fourth-order valence-corrected chi connectivity index (χ4v) is 2.56. The Bertz CT molecular complexity index is 522. The summed E-state index contributed by atoms with van der Waals surface area (Å²) in [6, 6.07) is 2.22. The molecule has 0 unspecified atom stereocenters. The fourth-order valence-electron chi connectivity index (χ4n) is 2.56. The fraction of sp³-hybridized carbons (Fsp3) is 0.533. The van der Waals surface area contributed by atoms with Crippen LogP contribution in [0.3, 0.4) is 0 Å². The first-order valence-corrected chi connectivity index (χ1v) is 7.17. The van der Waals surface area contributed by atoms with Crippen molar-refractivity contribution in [3.8, 4) is 0 Å². The van der Waals surface area contributed by atoms with Gasteiger partial charge >= 0.3 is 6.03 Å². The van der Waals surface area contributed by atoms with E-state index >= 15 is 0 Å². The molecule has 2 amide bonds. The molecule has 5 nitrogen and oxygen atoms in total. The van der Waals surface area contributed by atoms with Crippen LogP contribution >= 0.6 is 0 Å². The average molecular weight is 314 g/mol. The second-order valence-electron chi connectivity index (χ2n) is 5.42. The highest BCUT2D eigenvalue weighted by molar-refractivity contribution is 5.74. The molecular weight excluding hydrogens is 294 g/mol. The first-order chi connectivity index (χ1) is 10.5. The number of halogens is 2. The van der Waals surface area contributed by atoms with Crippen molar-refractivity contribution >= 4 is 6.03 Å². The minimum atomic E-state index is -0.705. The molecule has 22 heavy (non-hydrogen) atoms. The number of rotatable bonds is 6. The van der Waals surface area contributed by atoms with Crippen LogP contribution in [0.25, 0.3) is 0 Å². The quantitative estimate of drug-likeness (QED) is 0.700. The molecule has 0 aliphatic heterocycles. The summed E-state index contributed by atoms with van der Waals surface area (Å²) < 4.78 is 31.9. The molecule has 1 fully saturated rings. The Labute approximate surface area is 127 Å². The number of urea groups is 1. The summed E-state index contributed by atoms with van der Waals surface area (Å²) in [5.74, 6) is -1.45. The molecule has 122 valence electrons. The van der Waals surface area contributed by atoms with E-state index in [0.717, 1.165) is 12.1 Å². The highest BCUT2D eigenvalue weighted by Gasteiger charge is 2.36. The van der Waals surface area contributed by atoms with Crippen LogP contribution in [-0.2, 0) is 4.74 Å². The average Bonchev–Trinajstić information content (AvgIpc) is 2.42. The molecule has 2 rings (SSSR count). The smallest absolute Gasteiger partial charge is 0.315 e. The summed E-state index contributed by atoms with van der Waals surface area (Å²) in [4.78, 5) is 11.9. The van der Waals surface area contributed by atoms with Crippen LogP contribution in [-0.4, -0.2) is 37.5 Å². The maximum Gasteiger partial charge on any atom is 0.315 e. The van der Waals surface area contributed by atoms with E-state index in [2.05, 4.69) is 10.6 Å². The van der Waals surface area contributed by atoms with E-state index < -0.39 is 29.8 Å². The lowest BCUT2D eigenvalue weighted by Gasteiger charge is -2.38. The van der Waals surface area contributed by atoms with Crippen LogP contribution in [0, 0.1) is 17.6 Å². The highest BCUT2D eigenvalue weighted by Crippen LogP contribution is 2.38. The Morgan fingerprint density at radius 2 is 2.18 bits per heavy atom. The normalized spacial score (nSPS) is 21.8. The first kappa shape index (κ1) is 16.6. The summed E-state index contributed by atoms with van der Waals surface area (Å²) in [6.07, 6.45) is 0.508. The van der Waals surface area contributed by atoms with Gasteiger partial charge in [-0.05, 0) is 24.8 Å². The monoisotopic (exact) mass is 314 g/mol. The van der Waals surface area contributed by atoms with Crippen molar-refractivity contribution in [1.82, 2.24) is 10.6 Å². The zero-order chi connectivity index (χ0) is 16.1. The van der Waals surface area contributed by atoms with E-state index in [0.29, 0.717) is 26.0 Å². The van der Waals surface area contributed by atoms with Crippen LogP contribution in [0.1, 0.15) is 24.4 Å². The Morgan fingerprint density at radius 3 is 2.77 bits per heavy atom. The van der Waals surface area contributed by atoms with E-state index in [-0.39, 0.29) is 11.5 Å². The van der Waals surface area contributed by atoms with Gasteiger partial charge in [0.25, 0.3) is 0 Å². The van der Waals surface area contributed by atoms with Crippen molar-refractivity contribution in [3.05, 3.63) is 35.4 Å². The molecule has 0 radical (unpaired) electrons. The Morgan fingerprint density at radius 1 is 1.45 bits per heavy atom. The van der Waals surface area contributed by atoms with Crippen molar-refractivity contribution < 1.29 is 23.4 Å². The highest BCUT2D eigenvalue weighted by atomic mass is 19.1. The topological polar surface area (TPSA) is 70.6 Å². The molecule has 1 aromatic carbocycles. The molecule has 1 saturated carbocycles. The van der Waals surface area contributed by atoms with Crippen molar-refractivity contribution in [1.29, 1.82) is 0 Å². The van der Waals surface area contributed by atoms with Crippen molar-refractivity contribution in [3.63, 3.8) is 0 Å². The van der Waals surface area contributed by atoms with E-state index in [1.165, 1.54) is 13.2 Å². The Hall–Kier alpha value is -1.73. The zero-order valence-corrected chi connectivity index (χ0v) is 12.3. The second kappa shape index (κ2) is 7.51. The number of benzene rings is 1. The van der Waals surface area contributed by atoms with Gasteiger partial charge in [0, 0.05) is 25.3 Å². The molecular formula is C15H20F2N2O3. The predicted octanol–water partition coefficient (Wildman–Crippen LogP) is 1.72. The number of methoxy groups -OCH3 is 1. The van der Waals surface area contributed by atoms with Gasteiger partial charge in [-0.15, -0.1) is 0 Å². The van der Waals surface area contributed by atoms with Gasteiger partial charge < -0.3 is 20.5 Å². The second-order valence-corrected chi connectivity index (χ2v) is 5.42. The maximum absolute atomic E-state index is 14.0. The van der Waals surface area contributed by atoms with Crippen LogP contribution in [0.4, 0.5) is 13.6 Å². The standard InChI is InChI=1S/C15H20F2N2O3/c1-22-5-4-18-15(21)19-14(9-6-11(20)7-9)12-3-2-10(16)8-13(12)17/h2-3,8-9,11,14,20H,4-7H2,1H3,(H2,18,19,21)/t9?,11?,14-/m1/s1. The molecule has 0 aromatic heterocycles. The number of carbonyl (C=O) groups is 1. The molecule has 0 saturated heterocycles. The number of hydrogen-bond acceptors (Lipinski definition) is 3. The number of carbonyl (C=O) groups excluding carboxylic acids is 1. The van der Waals surface area contributed by atoms with Gasteiger partial charge in [-0.3, -0.25) is 0 Å². The minimum absolute atomic E-state index is 0.0804. The van der Waals surface area contributed by atoms with E-state index in [9.17, 15) is 18.7 Å². The van der Waals surface area contributed by atoms with Gasteiger partial charge in [-0.2, -0.15) is 0 Å². The van der Waals surface area contributed by atoms with Crippen molar-refractivity contribution in [2.24, 2.45) is 5.92 Å². The third-order valence-corrected chi connectivity index (χ3v) is 3.80. The number of ether oxygens (including phenoxy) is 1. The lowest BCUT2D eigenvalue weighted by Crippen LogP contribution is -2.45. The van der Waals surface area contributed by atoms with E-state index in [1.54, 1.807) is 0 Å². The molecule has 7 heteroatoms. The van der Waals surface area contributed by atoms with Crippen molar-refractivity contribution in [2.45, 2.75) is 25.0 Å². The van der Waals surface area contributed by atoms with Gasteiger partial charge in [-0.1, -0.05) is 6.07 Å². The molecule has 1 atom stereocenters. The number of aliphatic hydroxyl groups is 1. The van der Waals surface area contributed by atoms with Crippen LogP contribution in [0.15, 0.2) is 18.2 Å². The number of amides is 2. The SMILES string of the molecule is COCCNC(=O)N[C@@H](c1ccc(F)cc1F)C1CC(O)C1. The van der Waals surface area contributed by atoms with Crippen LogP contribution in [0.2, 0.25) is 0 Å². The lowest BCUT2D eigenvalue weighted by atomic mass is 9.75. The third-order valence-electron chi connectivity index (χ3n) is 3.80. The molecule has 0 spiro atoms. The Kier molecular flexibility index (Phi) is 5.68. The number of nitrogens with one attached hydrogen (secondary N) is 2. The Balaban J connectivity index is 2.08. The molecule has 1 aliphatic carbocycles. The van der Waals surface area contributed by atoms with Gasteiger partial charge in [0.05, 0.1) is 18.8 Å². The summed E-state index contributed by atoms with van der Waals surface area (Å²) >= 11 is 0. The van der Waals surface area contributed by atoms with Gasteiger partial charge in [0.15, 0.2) is 0 Å². The summed E-state index contributed by atoms with van der Waals surface area (Å²) in [6.45, 7) is 0.694. The first-order valence-electron chi connectivity index (χ1n) is 7.17. The van der Waals surface area contributed by atoms with Crippen LogP contribution < -0.4 is 10.6 Å². The molecule has 0 bridgehead atoms. The maximum atomic E-state index is 14.0. The number of aliphatic hydroxyl groups excluding tert-OH is 1. The van der Waals surface area contributed by atoms with Gasteiger partial charge in [-0.25, -0.2) is 13.6 Å². The largest absolute Gasteiger partial charge is 0.393 e. The lowest BCUT2D eigenvalue weighted by molar-refractivity contribution is 0.0253. The number of hydrogen-bond donors (Lipinski definition) is 3. The van der Waals surface area contributed by atoms with Crippen LogP contribution in [0.5, 0.6) is 0 Å². The summed E-state index contributed by atoms with van der Waals surface area (Å²) in [5, 5.41) is 14.7. The van der Waals surface area contributed by atoms with E-state index in [1.807, 2.05) is 0 Å². The molecule has 3 N–H and O–H groups in total. The van der Waals surface area contributed by atoms with Crippen molar-refractivity contribution in [2.75, 3.05) is 20.3 Å². The summed E-state index contributed by atoms with van der Waals surface area (Å²) in [5.41, 5.74) is 0.222. The third kappa shape index (κ3) is 4.14. The van der Waals surface area contributed by atoms with Gasteiger partial charge in [0.1, 0.15) is 11.6 Å². The van der Waals surface area contributed by atoms with E-state index in [4.69, 9.17) is 4.74 Å². The molecule has 1 aliphatic rings. The minimum Gasteiger partial charge on any atom is -0.393 e. The molecule has 0 heterocycles. The predicted molar refractivity (Wildman–Crippen MR) is 76.2 cm³/mol.